The average molecular weight is 342 g/mol. The molecule has 0 fully saturated rings. The van der Waals surface area contributed by atoms with Gasteiger partial charge in [0, 0.05) is 41.4 Å². The predicted octanol–water partition coefficient (Wildman–Crippen LogP) is 5.38. The molecule has 3 heteroatoms. The number of para-hydroxylation sites is 1. The van der Waals surface area contributed by atoms with Crippen LogP contribution in [0.4, 0.5) is 5.69 Å². The first-order chi connectivity index (χ1) is 12.7. The third-order valence-electron chi connectivity index (χ3n) is 4.27. The highest BCUT2D eigenvalue weighted by molar-refractivity contribution is 5.77. The Labute approximate surface area is 154 Å². The molecule has 3 nitrogen and oxygen atoms in total. The van der Waals surface area contributed by atoms with Crippen LogP contribution in [0.15, 0.2) is 92.3 Å². The van der Waals surface area contributed by atoms with Gasteiger partial charge in [-0.25, -0.2) is 0 Å². The molecule has 0 saturated carbocycles. The summed E-state index contributed by atoms with van der Waals surface area (Å²) < 4.78 is 5.20. The molecule has 0 unspecified atom stereocenters. The van der Waals surface area contributed by atoms with Crippen LogP contribution >= 0.6 is 0 Å². The van der Waals surface area contributed by atoms with Gasteiger partial charge in [0.05, 0.1) is 7.11 Å². The van der Waals surface area contributed by atoms with E-state index in [9.17, 15) is 0 Å². The number of hydrogen-bond acceptors (Lipinski definition) is 3. The maximum atomic E-state index is 5.20. The summed E-state index contributed by atoms with van der Waals surface area (Å²) in [6.07, 6.45) is 3.57. The largest absolute Gasteiger partial charge is 0.497 e. The van der Waals surface area contributed by atoms with E-state index in [-0.39, 0.29) is 0 Å². The van der Waals surface area contributed by atoms with Crippen molar-refractivity contribution in [2.75, 3.05) is 12.0 Å². The van der Waals surface area contributed by atoms with Gasteiger partial charge in [-0.3, -0.25) is 4.98 Å². The summed E-state index contributed by atoms with van der Waals surface area (Å²) in [4.78, 5) is 6.30. The first kappa shape index (κ1) is 17.5. The van der Waals surface area contributed by atoms with Gasteiger partial charge in [-0.1, -0.05) is 55.6 Å². The van der Waals surface area contributed by atoms with Crippen LogP contribution in [0, 0.1) is 0 Å². The fraction of sp³-hybridized carbons (Fsp3) is 0.0870. The van der Waals surface area contributed by atoms with Gasteiger partial charge < -0.3 is 9.64 Å². The van der Waals surface area contributed by atoms with Gasteiger partial charge in [-0.2, -0.15) is 0 Å². The lowest BCUT2D eigenvalue weighted by molar-refractivity contribution is 0.371. The monoisotopic (exact) mass is 342 g/mol. The predicted molar refractivity (Wildman–Crippen MR) is 108 cm³/mol. The second-order valence-corrected chi connectivity index (χ2v) is 5.93. The molecule has 0 spiro atoms. The van der Waals surface area contributed by atoms with Crippen LogP contribution in [0.25, 0.3) is 11.5 Å². The van der Waals surface area contributed by atoms with Crippen molar-refractivity contribution >= 4 is 17.1 Å². The molecule has 1 heterocycles. The Morgan fingerprint density at radius 2 is 1.54 bits per heavy atom. The van der Waals surface area contributed by atoms with Crippen molar-refractivity contribution < 1.29 is 4.74 Å². The minimum absolute atomic E-state index is 0.665. The summed E-state index contributed by atoms with van der Waals surface area (Å²) >= 11 is 0. The van der Waals surface area contributed by atoms with E-state index < -0.39 is 0 Å². The van der Waals surface area contributed by atoms with Crippen LogP contribution in [0.5, 0.6) is 0 Å². The lowest BCUT2D eigenvalue weighted by Crippen LogP contribution is -2.20. The summed E-state index contributed by atoms with van der Waals surface area (Å²) in [5.74, 6) is 0.665. The molecular weight excluding hydrogens is 320 g/mol. The minimum atomic E-state index is 0.665. The quantitative estimate of drug-likeness (QED) is 0.539. The van der Waals surface area contributed by atoms with E-state index in [4.69, 9.17) is 4.74 Å². The Morgan fingerprint density at radius 3 is 2.15 bits per heavy atom. The number of hydrogen-bond donors (Lipinski definition) is 0. The highest BCUT2D eigenvalue weighted by Crippen LogP contribution is 2.27. The molecule has 0 N–H and O–H groups in total. The van der Waals surface area contributed by atoms with Crippen molar-refractivity contribution in [1.29, 1.82) is 0 Å². The Morgan fingerprint density at radius 1 is 0.885 bits per heavy atom. The van der Waals surface area contributed by atoms with Crippen LogP contribution in [0.1, 0.15) is 16.7 Å². The second-order valence-electron chi connectivity index (χ2n) is 5.93. The number of benzene rings is 2. The number of pyridine rings is 1. The van der Waals surface area contributed by atoms with Gasteiger partial charge in [-0.15, -0.1) is 0 Å². The summed E-state index contributed by atoms with van der Waals surface area (Å²) in [5, 5.41) is 0. The number of ether oxygens (including phenoxy) is 1. The van der Waals surface area contributed by atoms with E-state index in [1.54, 1.807) is 19.5 Å². The molecule has 3 aromatic rings. The Bertz CT molecular complexity index is 871. The van der Waals surface area contributed by atoms with Crippen LogP contribution in [0.2, 0.25) is 0 Å². The molecule has 0 bridgehead atoms. The van der Waals surface area contributed by atoms with Crippen molar-refractivity contribution in [3.8, 4) is 0 Å². The zero-order chi connectivity index (χ0) is 18.4. The average Bonchev–Trinajstić information content (AvgIpc) is 2.72. The summed E-state index contributed by atoms with van der Waals surface area (Å²) in [5.41, 5.74) is 5.24. The number of methoxy groups -OCH3 is 1. The van der Waals surface area contributed by atoms with Crippen LogP contribution in [-0.2, 0) is 11.3 Å². The molecule has 0 aliphatic heterocycles. The Kier molecular flexibility index (Phi) is 5.49. The Balaban J connectivity index is 1.89. The second kappa shape index (κ2) is 8.17. The molecule has 26 heavy (non-hydrogen) atoms. The van der Waals surface area contributed by atoms with E-state index in [2.05, 4.69) is 47.3 Å². The number of aromatic nitrogens is 1. The summed E-state index contributed by atoms with van der Waals surface area (Å²) in [6.45, 7) is 8.93. The molecule has 0 saturated heterocycles. The van der Waals surface area contributed by atoms with Gasteiger partial charge in [0.2, 0.25) is 0 Å². The molecule has 0 atom stereocenters. The van der Waals surface area contributed by atoms with Gasteiger partial charge >= 0.3 is 0 Å². The molecule has 0 radical (unpaired) electrons. The fourth-order valence-electron chi connectivity index (χ4n) is 2.75. The van der Waals surface area contributed by atoms with E-state index >= 15 is 0 Å². The molecule has 130 valence electrons. The highest BCUT2D eigenvalue weighted by Gasteiger charge is 2.13. The van der Waals surface area contributed by atoms with Crippen molar-refractivity contribution in [1.82, 2.24) is 4.98 Å². The molecule has 1 aromatic heterocycles. The van der Waals surface area contributed by atoms with Crippen LogP contribution in [-0.4, -0.2) is 12.1 Å². The lowest BCUT2D eigenvalue weighted by Gasteiger charge is -2.27. The standard InChI is InChI=1S/C23H22N2O/c1-18(21-13-15-24-16-14-21)25(23-7-5-4-6-8-23)17-20-9-11-22(12-10-20)19(2)26-3/h4-16H,1-2,17H2,3H3. The van der Waals surface area contributed by atoms with E-state index in [1.165, 1.54) is 5.56 Å². The van der Waals surface area contributed by atoms with Gasteiger partial charge in [0.1, 0.15) is 5.76 Å². The molecule has 0 aliphatic carbocycles. The first-order valence-corrected chi connectivity index (χ1v) is 8.43. The number of nitrogens with zero attached hydrogens (tertiary/aromatic N) is 2. The minimum Gasteiger partial charge on any atom is -0.497 e. The smallest absolute Gasteiger partial charge is 0.118 e. The van der Waals surface area contributed by atoms with E-state index in [0.29, 0.717) is 12.3 Å². The summed E-state index contributed by atoms with van der Waals surface area (Å²) in [6, 6.07) is 22.5. The van der Waals surface area contributed by atoms with Crippen molar-refractivity contribution in [3.05, 3.63) is 109 Å². The normalized spacial score (nSPS) is 10.2. The van der Waals surface area contributed by atoms with Crippen molar-refractivity contribution in [2.24, 2.45) is 0 Å². The lowest BCUT2D eigenvalue weighted by atomic mass is 10.1. The first-order valence-electron chi connectivity index (χ1n) is 8.43. The van der Waals surface area contributed by atoms with Crippen LogP contribution < -0.4 is 4.90 Å². The highest BCUT2D eigenvalue weighted by atomic mass is 16.5. The fourth-order valence-corrected chi connectivity index (χ4v) is 2.75. The van der Waals surface area contributed by atoms with Crippen molar-refractivity contribution in [3.63, 3.8) is 0 Å². The van der Waals surface area contributed by atoms with E-state index in [1.807, 2.05) is 42.5 Å². The summed E-state index contributed by atoms with van der Waals surface area (Å²) in [7, 11) is 1.63. The molecule has 0 aliphatic rings. The van der Waals surface area contributed by atoms with Crippen molar-refractivity contribution in [2.45, 2.75) is 6.54 Å². The number of rotatable bonds is 7. The Hall–Kier alpha value is -3.33. The zero-order valence-electron chi connectivity index (χ0n) is 14.9. The molecule has 0 amide bonds. The number of anilines is 1. The SMILES string of the molecule is C=C(OC)c1ccc(CN(C(=C)c2ccncc2)c2ccccc2)cc1. The third-order valence-corrected chi connectivity index (χ3v) is 4.27. The molecular formula is C23H22N2O. The maximum Gasteiger partial charge on any atom is 0.118 e. The molecule has 2 aromatic carbocycles. The zero-order valence-corrected chi connectivity index (χ0v) is 14.9. The van der Waals surface area contributed by atoms with Gasteiger partial charge in [0.15, 0.2) is 0 Å². The van der Waals surface area contributed by atoms with Gasteiger partial charge in [0.25, 0.3) is 0 Å². The van der Waals surface area contributed by atoms with E-state index in [0.717, 1.165) is 22.5 Å². The van der Waals surface area contributed by atoms with Gasteiger partial charge in [-0.05, 0) is 29.8 Å². The molecule has 3 rings (SSSR count). The topological polar surface area (TPSA) is 25.4 Å². The third kappa shape index (κ3) is 4.01. The maximum absolute atomic E-state index is 5.20. The van der Waals surface area contributed by atoms with Crippen LogP contribution in [0.3, 0.4) is 0 Å².